The van der Waals surface area contributed by atoms with Crippen LogP contribution in [-0.4, -0.2) is 43.4 Å². The molecule has 8 heteroatoms. The Labute approximate surface area is 124 Å². The summed E-state index contributed by atoms with van der Waals surface area (Å²) in [5.74, 6) is 0. The molecule has 0 aromatic heterocycles. The van der Waals surface area contributed by atoms with Crippen LogP contribution in [0.2, 0.25) is 0 Å². The topological polar surface area (TPSA) is 57.2 Å². The van der Waals surface area contributed by atoms with Gasteiger partial charge < -0.3 is 18.1 Å². The van der Waals surface area contributed by atoms with Gasteiger partial charge in [0, 0.05) is 6.04 Å². The van der Waals surface area contributed by atoms with Gasteiger partial charge in [-0.2, -0.15) is 0 Å². The fraction of sp³-hybridized carbons (Fsp3) is 1.00. The molecule has 0 aliphatic carbocycles. The molecule has 6 nitrogen and oxygen atoms in total. The van der Waals surface area contributed by atoms with Crippen LogP contribution in [0.3, 0.4) is 0 Å². The summed E-state index contributed by atoms with van der Waals surface area (Å²) in [5, 5.41) is 0. The van der Waals surface area contributed by atoms with Crippen molar-refractivity contribution in [2.75, 3.05) is 32.7 Å². The summed E-state index contributed by atoms with van der Waals surface area (Å²) in [6.07, 6.45) is 0.179. The molecular formula is C12H29NO5P2. The van der Waals surface area contributed by atoms with Crippen molar-refractivity contribution in [3.8, 4) is 0 Å². The summed E-state index contributed by atoms with van der Waals surface area (Å²) < 4.78 is 36.6. The zero-order chi connectivity index (χ0) is 15.6. The summed E-state index contributed by atoms with van der Waals surface area (Å²) in [7, 11) is -4.40. The average Bonchev–Trinajstić information content (AvgIpc) is 2.36. The molecule has 0 amide bonds. The quantitative estimate of drug-likeness (QED) is 0.500. The lowest BCUT2D eigenvalue weighted by atomic mass is 10.4. The number of rotatable bonds is 12. The minimum atomic E-state index is -3.15. The minimum absolute atomic E-state index is 0.119. The lowest BCUT2D eigenvalue weighted by molar-refractivity contribution is 0.184. The predicted octanol–water partition coefficient (Wildman–Crippen LogP) is 4.22. The van der Waals surface area contributed by atoms with Crippen molar-refractivity contribution >= 4 is 16.1 Å². The summed E-state index contributed by atoms with van der Waals surface area (Å²) in [6.45, 7) is 13.2. The number of hydrogen-bond acceptors (Lipinski definition) is 6. The van der Waals surface area contributed by atoms with E-state index >= 15 is 0 Å². The van der Waals surface area contributed by atoms with Gasteiger partial charge in [0.15, 0.2) is 0 Å². The summed E-state index contributed by atoms with van der Waals surface area (Å²) >= 11 is 0. The highest BCUT2D eigenvalue weighted by atomic mass is 31.2. The van der Waals surface area contributed by atoms with Crippen LogP contribution in [0.1, 0.15) is 41.5 Å². The molecule has 0 atom stereocenters. The third-order valence-corrected chi connectivity index (χ3v) is 6.41. The van der Waals surface area contributed by atoms with Crippen LogP contribution in [-0.2, 0) is 22.7 Å². The lowest BCUT2D eigenvalue weighted by Gasteiger charge is -2.33. The number of hydrogen-bond donors (Lipinski definition) is 0. The van der Waals surface area contributed by atoms with Crippen molar-refractivity contribution in [1.82, 2.24) is 4.67 Å². The Morgan fingerprint density at radius 3 is 1.70 bits per heavy atom. The molecule has 0 aliphatic heterocycles. The Bertz CT molecular complexity index is 275. The van der Waals surface area contributed by atoms with Gasteiger partial charge in [0.1, 0.15) is 6.29 Å². The van der Waals surface area contributed by atoms with Gasteiger partial charge in [-0.15, -0.1) is 0 Å². The Morgan fingerprint density at radius 2 is 1.40 bits per heavy atom. The Hall–Kier alpha value is 0.460. The molecular weight excluding hydrogens is 300 g/mol. The van der Waals surface area contributed by atoms with Crippen molar-refractivity contribution in [2.24, 2.45) is 0 Å². The molecule has 0 heterocycles. The maximum atomic E-state index is 12.7. The van der Waals surface area contributed by atoms with E-state index in [0.717, 1.165) is 0 Å². The summed E-state index contributed by atoms with van der Waals surface area (Å²) in [6, 6.07) is 0.119. The number of nitrogens with zero attached hydrogens (tertiary/aromatic N) is 1. The first kappa shape index (κ1) is 20.5. The molecule has 0 bridgehead atoms. The molecule has 0 fully saturated rings. The summed E-state index contributed by atoms with van der Waals surface area (Å²) in [4.78, 5) is 0. The van der Waals surface area contributed by atoms with Crippen molar-refractivity contribution in [3.05, 3.63) is 0 Å². The maximum absolute atomic E-state index is 12.7. The van der Waals surface area contributed by atoms with Crippen molar-refractivity contribution in [3.63, 3.8) is 0 Å². The lowest BCUT2D eigenvalue weighted by Crippen LogP contribution is -2.29. The highest BCUT2D eigenvalue weighted by Gasteiger charge is 2.34. The van der Waals surface area contributed by atoms with E-state index in [1.807, 2.05) is 32.4 Å². The van der Waals surface area contributed by atoms with Crippen molar-refractivity contribution in [1.29, 1.82) is 0 Å². The first-order valence-electron chi connectivity index (χ1n) is 7.14. The van der Waals surface area contributed by atoms with Gasteiger partial charge in [-0.05, 0) is 41.5 Å². The third kappa shape index (κ3) is 7.46. The first-order chi connectivity index (χ1) is 9.44. The van der Waals surface area contributed by atoms with Crippen LogP contribution in [0.25, 0.3) is 0 Å². The molecule has 0 saturated heterocycles. The molecule has 0 unspecified atom stereocenters. The molecule has 0 N–H and O–H groups in total. The molecule has 20 heavy (non-hydrogen) atoms. The van der Waals surface area contributed by atoms with Gasteiger partial charge >= 0.3 is 7.60 Å². The molecule has 0 aliphatic rings. The van der Waals surface area contributed by atoms with Crippen LogP contribution < -0.4 is 0 Å². The molecule has 122 valence electrons. The van der Waals surface area contributed by atoms with E-state index in [0.29, 0.717) is 26.4 Å². The monoisotopic (exact) mass is 329 g/mol. The van der Waals surface area contributed by atoms with Gasteiger partial charge in [0.25, 0.3) is 8.53 Å². The van der Waals surface area contributed by atoms with Gasteiger partial charge in [-0.3, -0.25) is 4.57 Å². The Morgan fingerprint density at radius 1 is 0.950 bits per heavy atom. The normalized spacial score (nSPS) is 12.8. The Kier molecular flexibility index (Phi) is 11.3. The van der Waals surface area contributed by atoms with Gasteiger partial charge in [-0.1, -0.05) is 0 Å². The Balaban J connectivity index is 4.99. The first-order valence-corrected chi connectivity index (χ1v) is 10.00. The zero-order valence-corrected chi connectivity index (χ0v) is 15.3. The van der Waals surface area contributed by atoms with Crippen LogP contribution in [0.5, 0.6) is 0 Å². The van der Waals surface area contributed by atoms with Gasteiger partial charge in [0.2, 0.25) is 0 Å². The predicted molar refractivity (Wildman–Crippen MR) is 82.9 cm³/mol. The van der Waals surface area contributed by atoms with E-state index in [1.165, 1.54) is 0 Å². The van der Waals surface area contributed by atoms with Crippen LogP contribution in [0.4, 0.5) is 0 Å². The van der Waals surface area contributed by atoms with Crippen molar-refractivity contribution < 1.29 is 22.7 Å². The van der Waals surface area contributed by atoms with E-state index in [9.17, 15) is 4.57 Å². The largest absolute Gasteiger partial charge is 0.345 e. The molecule has 0 saturated carbocycles. The fourth-order valence-electron chi connectivity index (χ4n) is 1.50. The zero-order valence-electron chi connectivity index (χ0n) is 13.5. The smallest absolute Gasteiger partial charge is 0.322 e. The van der Waals surface area contributed by atoms with E-state index in [-0.39, 0.29) is 12.3 Å². The van der Waals surface area contributed by atoms with E-state index in [4.69, 9.17) is 18.1 Å². The SMILES string of the molecule is CCOP(OCC)N(CP(=O)(OCC)OCC)C(C)C. The second-order valence-corrected chi connectivity index (χ2v) is 7.72. The highest BCUT2D eigenvalue weighted by Crippen LogP contribution is 2.55. The molecule has 0 aromatic rings. The second-order valence-electron chi connectivity index (χ2n) is 4.19. The maximum Gasteiger partial charge on any atom is 0.345 e. The molecule has 0 radical (unpaired) electrons. The summed E-state index contributed by atoms with van der Waals surface area (Å²) in [5.41, 5.74) is 0. The minimum Gasteiger partial charge on any atom is -0.322 e. The van der Waals surface area contributed by atoms with Crippen LogP contribution in [0, 0.1) is 0 Å². The van der Waals surface area contributed by atoms with E-state index < -0.39 is 16.1 Å². The van der Waals surface area contributed by atoms with Gasteiger partial charge in [-0.25, -0.2) is 4.67 Å². The van der Waals surface area contributed by atoms with Gasteiger partial charge in [0.05, 0.1) is 26.4 Å². The van der Waals surface area contributed by atoms with E-state index in [1.54, 1.807) is 13.8 Å². The van der Waals surface area contributed by atoms with Crippen molar-refractivity contribution in [2.45, 2.75) is 47.6 Å². The molecule has 0 rings (SSSR count). The molecule has 0 aromatic carbocycles. The fourth-order valence-corrected chi connectivity index (χ4v) is 5.27. The average molecular weight is 329 g/mol. The van der Waals surface area contributed by atoms with Crippen LogP contribution in [0.15, 0.2) is 0 Å². The van der Waals surface area contributed by atoms with E-state index in [2.05, 4.69) is 0 Å². The third-order valence-electron chi connectivity index (χ3n) is 2.25. The second kappa shape index (κ2) is 11.1. The highest BCUT2D eigenvalue weighted by molar-refractivity contribution is 7.55. The van der Waals surface area contributed by atoms with Crippen LogP contribution >= 0.6 is 16.1 Å². The standard InChI is InChI=1S/C12H29NO5P2/c1-7-15-19(16-8-2)13(12(5)6)11-20(14,17-9-3)18-10-4/h12H,7-11H2,1-6H3. The molecule has 0 spiro atoms.